The maximum absolute atomic E-state index is 12.1. The molecule has 1 aliphatic carbocycles. The van der Waals surface area contributed by atoms with Gasteiger partial charge in [-0.15, -0.1) is 11.3 Å². The standard InChI is InChI=1S/C14H17N3O4S/c15-13-8(10-2-1-3-22-10)5-17(14(21)16-13)9-4-7(6-18)11(19)12(9)20/h1-3,5,7,9,11-12,18-20H,4,6H2,(H2,15,16,21)/t7-,9-,11-,12+/m1/s1. The van der Waals surface area contributed by atoms with E-state index in [2.05, 4.69) is 4.98 Å². The highest BCUT2D eigenvalue weighted by Crippen LogP contribution is 2.36. The van der Waals surface area contributed by atoms with Crippen molar-refractivity contribution in [3.63, 3.8) is 0 Å². The summed E-state index contributed by atoms with van der Waals surface area (Å²) < 4.78 is 1.30. The zero-order valence-corrected chi connectivity index (χ0v) is 12.5. The number of anilines is 1. The molecule has 2 aromatic rings. The van der Waals surface area contributed by atoms with Gasteiger partial charge in [-0.3, -0.25) is 4.57 Å². The van der Waals surface area contributed by atoms with Gasteiger partial charge in [-0.2, -0.15) is 4.98 Å². The Hall–Kier alpha value is -1.74. The molecule has 1 saturated carbocycles. The molecular weight excluding hydrogens is 306 g/mol. The fraction of sp³-hybridized carbons (Fsp3) is 0.429. The minimum Gasteiger partial charge on any atom is -0.396 e. The Morgan fingerprint density at radius 1 is 1.41 bits per heavy atom. The van der Waals surface area contributed by atoms with Crippen LogP contribution in [-0.2, 0) is 0 Å². The van der Waals surface area contributed by atoms with Crippen LogP contribution >= 0.6 is 11.3 Å². The molecule has 0 spiro atoms. The molecule has 118 valence electrons. The zero-order chi connectivity index (χ0) is 15.9. The number of aliphatic hydroxyl groups excluding tert-OH is 3. The summed E-state index contributed by atoms with van der Waals surface area (Å²) in [7, 11) is 0. The zero-order valence-electron chi connectivity index (χ0n) is 11.7. The quantitative estimate of drug-likeness (QED) is 0.622. The van der Waals surface area contributed by atoms with Crippen LogP contribution in [0.15, 0.2) is 28.5 Å². The van der Waals surface area contributed by atoms with E-state index < -0.39 is 29.9 Å². The molecule has 4 atom stereocenters. The number of nitrogens with zero attached hydrogens (tertiary/aromatic N) is 2. The van der Waals surface area contributed by atoms with E-state index in [0.29, 0.717) is 12.0 Å². The number of thiophene rings is 1. The Balaban J connectivity index is 2.05. The average Bonchev–Trinajstić information content (AvgIpc) is 3.10. The number of hydrogen-bond acceptors (Lipinski definition) is 7. The van der Waals surface area contributed by atoms with Crippen LogP contribution in [0, 0.1) is 5.92 Å². The second-order valence-corrected chi connectivity index (χ2v) is 6.38. The highest BCUT2D eigenvalue weighted by molar-refractivity contribution is 7.13. The van der Waals surface area contributed by atoms with Gasteiger partial charge in [-0.1, -0.05) is 6.07 Å². The predicted molar refractivity (Wildman–Crippen MR) is 82.5 cm³/mol. The van der Waals surface area contributed by atoms with Crippen molar-refractivity contribution in [1.82, 2.24) is 9.55 Å². The summed E-state index contributed by atoms with van der Waals surface area (Å²) in [5, 5.41) is 31.2. The molecule has 0 aromatic carbocycles. The number of nitrogens with two attached hydrogens (primary N) is 1. The van der Waals surface area contributed by atoms with Gasteiger partial charge < -0.3 is 21.1 Å². The van der Waals surface area contributed by atoms with E-state index >= 15 is 0 Å². The second-order valence-electron chi connectivity index (χ2n) is 5.43. The normalized spacial score (nSPS) is 28.1. The van der Waals surface area contributed by atoms with Gasteiger partial charge in [-0.05, 0) is 17.9 Å². The molecule has 0 aliphatic heterocycles. The maximum Gasteiger partial charge on any atom is 0.349 e. The minimum atomic E-state index is -1.13. The predicted octanol–water partition coefficient (Wildman–Crippen LogP) is -0.171. The number of aromatic nitrogens is 2. The maximum atomic E-state index is 12.1. The SMILES string of the molecule is Nc1nc(=O)n([C@@H]2C[C@H](CO)[C@@H](O)[C@H]2O)cc1-c1cccs1. The molecule has 7 nitrogen and oxygen atoms in total. The molecule has 2 aromatic heterocycles. The molecule has 8 heteroatoms. The molecule has 2 heterocycles. The van der Waals surface area contributed by atoms with Crippen LogP contribution in [0.5, 0.6) is 0 Å². The van der Waals surface area contributed by atoms with Crippen LogP contribution in [0.2, 0.25) is 0 Å². The monoisotopic (exact) mass is 323 g/mol. The number of hydrogen-bond donors (Lipinski definition) is 4. The molecular formula is C14H17N3O4S. The molecule has 0 bridgehead atoms. The Morgan fingerprint density at radius 2 is 2.18 bits per heavy atom. The van der Waals surface area contributed by atoms with Crippen molar-refractivity contribution in [2.45, 2.75) is 24.7 Å². The number of aliphatic hydroxyl groups is 3. The van der Waals surface area contributed by atoms with E-state index in [-0.39, 0.29) is 12.4 Å². The van der Waals surface area contributed by atoms with Gasteiger partial charge in [0, 0.05) is 23.6 Å². The fourth-order valence-electron chi connectivity index (χ4n) is 2.90. The van der Waals surface area contributed by atoms with Crippen LogP contribution in [0.3, 0.4) is 0 Å². The van der Waals surface area contributed by atoms with Crippen LogP contribution in [0.25, 0.3) is 10.4 Å². The fourth-order valence-corrected chi connectivity index (χ4v) is 3.64. The Bertz CT molecular complexity index is 715. The van der Waals surface area contributed by atoms with Gasteiger partial charge >= 0.3 is 5.69 Å². The molecule has 1 fully saturated rings. The van der Waals surface area contributed by atoms with Crippen molar-refractivity contribution in [2.24, 2.45) is 5.92 Å². The van der Waals surface area contributed by atoms with E-state index in [4.69, 9.17) is 5.73 Å². The van der Waals surface area contributed by atoms with Crippen LogP contribution < -0.4 is 11.4 Å². The lowest BCUT2D eigenvalue weighted by Crippen LogP contribution is -2.35. The molecule has 3 rings (SSSR count). The molecule has 0 unspecified atom stereocenters. The molecule has 1 aliphatic rings. The topological polar surface area (TPSA) is 122 Å². The van der Waals surface area contributed by atoms with E-state index in [9.17, 15) is 20.1 Å². The third-order valence-electron chi connectivity index (χ3n) is 4.13. The first-order valence-electron chi connectivity index (χ1n) is 6.92. The summed E-state index contributed by atoms with van der Waals surface area (Å²) in [6.07, 6.45) is -0.327. The first-order valence-corrected chi connectivity index (χ1v) is 7.80. The van der Waals surface area contributed by atoms with Crippen molar-refractivity contribution in [3.05, 3.63) is 34.2 Å². The second kappa shape index (κ2) is 5.81. The van der Waals surface area contributed by atoms with E-state index in [0.717, 1.165) is 4.88 Å². The van der Waals surface area contributed by atoms with Crippen LogP contribution in [0.1, 0.15) is 12.5 Å². The van der Waals surface area contributed by atoms with Gasteiger partial charge in [0.25, 0.3) is 0 Å². The number of nitrogen functional groups attached to an aromatic ring is 1. The van der Waals surface area contributed by atoms with E-state index in [1.54, 1.807) is 6.20 Å². The lowest BCUT2D eigenvalue weighted by molar-refractivity contribution is -0.00452. The summed E-state index contributed by atoms with van der Waals surface area (Å²) in [5.74, 6) is -0.329. The van der Waals surface area contributed by atoms with Crippen molar-refractivity contribution in [1.29, 1.82) is 0 Å². The smallest absolute Gasteiger partial charge is 0.349 e. The highest BCUT2D eigenvalue weighted by atomic mass is 32.1. The van der Waals surface area contributed by atoms with Crippen molar-refractivity contribution < 1.29 is 15.3 Å². The first-order chi connectivity index (χ1) is 10.5. The van der Waals surface area contributed by atoms with E-state index in [1.165, 1.54) is 15.9 Å². The van der Waals surface area contributed by atoms with E-state index in [1.807, 2.05) is 17.5 Å². The Morgan fingerprint density at radius 3 is 2.77 bits per heavy atom. The average molecular weight is 323 g/mol. The van der Waals surface area contributed by atoms with Crippen molar-refractivity contribution >= 4 is 17.2 Å². The van der Waals surface area contributed by atoms with Crippen molar-refractivity contribution in [2.75, 3.05) is 12.3 Å². The minimum absolute atomic E-state index is 0.135. The highest BCUT2D eigenvalue weighted by Gasteiger charge is 2.42. The lowest BCUT2D eigenvalue weighted by Gasteiger charge is -2.19. The summed E-state index contributed by atoms with van der Waals surface area (Å²) in [4.78, 5) is 16.8. The Kier molecular flexibility index (Phi) is 4.00. The third kappa shape index (κ3) is 2.44. The van der Waals surface area contributed by atoms with Crippen molar-refractivity contribution in [3.8, 4) is 10.4 Å². The molecule has 5 N–H and O–H groups in total. The summed E-state index contributed by atoms with van der Waals surface area (Å²) in [5.41, 5.74) is 5.86. The molecule has 0 amide bonds. The largest absolute Gasteiger partial charge is 0.396 e. The number of rotatable bonds is 3. The van der Waals surface area contributed by atoms with Gasteiger partial charge in [0.05, 0.1) is 17.7 Å². The summed E-state index contributed by atoms with van der Waals surface area (Å²) in [6.45, 7) is -0.246. The summed E-state index contributed by atoms with van der Waals surface area (Å²) in [6, 6.07) is 3.10. The molecule has 22 heavy (non-hydrogen) atoms. The van der Waals surface area contributed by atoms with Gasteiger partial charge in [0.1, 0.15) is 11.9 Å². The summed E-state index contributed by atoms with van der Waals surface area (Å²) >= 11 is 1.47. The first kappa shape index (κ1) is 15.2. The van der Waals surface area contributed by atoms with Gasteiger partial charge in [0.15, 0.2) is 0 Å². The Labute approximate surface area is 130 Å². The molecule has 0 radical (unpaired) electrons. The third-order valence-corrected chi connectivity index (χ3v) is 5.03. The van der Waals surface area contributed by atoms with Gasteiger partial charge in [0.2, 0.25) is 0 Å². The molecule has 0 saturated heterocycles. The van der Waals surface area contributed by atoms with Crippen LogP contribution in [0.4, 0.5) is 5.82 Å². The lowest BCUT2D eigenvalue weighted by atomic mass is 10.1. The van der Waals surface area contributed by atoms with Gasteiger partial charge in [-0.25, -0.2) is 4.79 Å². The van der Waals surface area contributed by atoms with Crippen LogP contribution in [-0.4, -0.2) is 43.7 Å².